The van der Waals surface area contributed by atoms with Crippen molar-refractivity contribution in [3.05, 3.63) is 132 Å². The van der Waals surface area contributed by atoms with Crippen molar-refractivity contribution in [2.75, 3.05) is 22.9 Å². The van der Waals surface area contributed by atoms with E-state index in [0.717, 1.165) is 40.1 Å². The molecule has 0 saturated carbocycles. The van der Waals surface area contributed by atoms with E-state index in [9.17, 15) is 8.42 Å². The maximum atomic E-state index is 11.8. The predicted molar refractivity (Wildman–Crippen MR) is 167 cm³/mol. The van der Waals surface area contributed by atoms with Crippen LogP contribution in [0.2, 0.25) is 0 Å². The number of hydrogen-bond acceptors (Lipinski definition) is 6. The molecule has 8 nitrogen and oxygen atoms in total. The molecule has 0 aliphatic rings. The Morgan fingerprint density at radius 1 is 0.833 bits per heavy atom. The van der Waals surface area contributed by atoms with E-state index in [1.165, 1.54) is 0 Å². The van der Waals surface area contributed by atoms with E-state index in [1.807, 2.05) is 90.6 Å². The van der Waals surface area contributed by atoms with E-state index in [0.29, 0.717) is 31.0 Å². The normalized spacial score (nSPS) is 12.0. The second-order valence-electron chi connectivity index (χ2n) is 10.0. The van der Waals surface area contributed by atoms with Crippen LogP contribution >= 0.6 is 0 Å². The van der Waals surface area contributed by atoms with Crippen molar-refractivity contribution in [3.8, 4) is 17.2 Å². The summed E-state index contributed by atoms with van der Waals surface area (Å²) in [4.78, 5) is 0. The molecular formula is C33H34N4O4S. The zero-order valence-electron chi connectivity index (χ0n) is 23.6. The van der Waals surface area contributed by atoms with Crippen LogP contribution in [0, 0.1) is 6.92 Å². The Balaban J connectivity index is 1.26. The third-order valence-electron chi connectivity index (χ3n) is 6.71. The fourth-order valence-corrected chi connectivity index (χ4v) is 5.23. The molecule has 0 saturated heterocycles. The number of rotatable bonds is 13. The summed E-state index contributed by atoms with van der Waals surface area (Å²) in [5.74, 6) is 2.16. The van der Waals surface area contributed by atoms with Crippen LogP contribution < -0.4 is 19.5 Å². The minimum atomic E-state index is -3.39. The molecule has 0 aliphatic heterocycles. The van der Waals surface area contributed by atoms with E-state index in [-0.39, 0.29) is 6.04 Å². The number of benzene rings is 4. The van der Waals surface area contributed by atoms with Gasteiger partial charge in [-0.3, -0.25) is 9.40 Å². The van der Waals surface area contributed by atoms with Crippen LogP contribution in [0.25, 0.3) is 0 Å². The Morgan fingerprint density at radius 2 is 1.57 bits per heavy atom. The second-order valence-corrected chi connectivity index (χ2v) is 11.8. The first-order chi connectivity index (χ1) is 20.3. The average molecular weight is 583 g/mol. The molecule has 5 rings (SSSR count). The zero-order valence-corrected chi connectivity index (χ0v) is 24.4. The summed E-state index contributed by atoms with van der Waals surface area (Å²) in [5.41, 5.74) is 4.51. The topological polar surface area (TPSA) is 94.5 Å². The first-order valence-corrected chi connectivity index (χ1v) is 15.6. The number of aromatic nitrogens is 2. The summed E-state index contributed by atoms with van der Waals surface area (Å²) in [5, 5.41) is 7.83. The molecule has 1 heterocycles. The van der Waals surface area contributed by atoms with Gasteiger partial charge in [-0.1, -0.05) is 54.6 Å². The largest absolute Gasteiger partial charge is 0.492 e. The lowest BCUT2D eigenvalue weighted by Gasteiger charge is -2.23. The Bertz CT molecular complexity index is 1690. The highest BCUT2D eigenvalue weighted by molar-refractivity contribution is 7.92. The van der Waals surface area contributed by atoms with Crippen LogP contribution in [-0.4, -0.2) is 31.1 Å². The molecule has 42 heavy (non-hydrogen) atoms. The molecule has 0 bridgehead atoms. The molecule has 0 radical (unpaired) electrons. The molecule has 0 aliphatic carbocycles. The van der Waals surface area contributed by atoms with E-state index in [2.05, 4.69) is 39.4 Å². The summed E-state index contributed by atoms with van der Waals surface area (Å²) in [6.45, 7) is 3.08. The van der Waals surface area contributed by atoms with Gasteiger partial charge in [0.15, 0.2) is 0 Å². The van der Waals surface area contributed by atoms with Crippen LogP contribution in [-0.2, 0) is 23.0 Å². The van der Waals surface area contributed by atoms with Crippen LogP contribution in [0.5, 0.6) is 17.2 Å². The average Bonchev–Trinajstić information content (AvgIpc) is 3.49. The SMILES string of the molecule is Cc1c(NC(Cc2ccc(Oc3cccc(OCCn4cccn4)c3)cc2)c2ccccc2)cccc1NS(C)(=O)=O. The minimum Gasteiger partial charge on any atom is -0.492 e. The minimum absolute atomic E-state index is 0.0410. The van der Waals surface area contributed by atoms with Crippen LogP contribution in [0.15, 0.2) is 116 Å². The fourth-order valence-electron chi connectivity index (χ4n) is 4.61. The molecule has 1 aromatic heterocycles. The summed E-state index contributed by atoms with van der Waals surface area (Å²) >= 11 is 0. The standard InChI is InChI=1S/C33H34N4O4S/c1-25-31(13-7-14-32(25)36-42(2,38)39)35-33(27-9-4-3-5-10-27)23-26-15-17-28(18-16-26)41-30-12-6-11-29(24-30)40-22-21-37-20-8-19-34-37/h3-20,24,33,35-36H,21-23H2,1-2H3. The lowest BCUT2D eigenvalue weighted by Crippen LogP contribution is -2.16. The van der Waals surface area contributed by atoms with Crippen LogP contribution in [0.4, 0.5) is 11.4 Å². The Labute approximate surface area is 247 Å². The highest BCUT2D eigenvalue weighted by Gasteiger charge is 2.16. The first-order valence-electron chi connectivity index (χ1n) is 13.7. The lowest BCUT2D eigenvalue weighted by atomic mass is 9.98. The molecule has 0 amide bonds. The van der Waals surface area contributed by atoms with E-state index in [1.54, 1.807) is 12.3 Å². The number of nitrogens with zero attached hydrogens (tertiary/aromatic N) is 2. The van der Waals surface area contributed by atoms with E-state index >= 15 is 0 Å². The Kier molecular flexibility index (Phi) is 9.08. The first kappa shape index (κ1) is 28.8. The molecule has 9 heteroatoms. The van der Waals surface area contributed by atoms with Crippen molar-refractivity contribution in [2.45, 2.75) is 25.9 Å². The van der Waals surface area contributed by atoms with Gasteiger partial charge in [-0.05, 0) is 72.5 Å². The van der Waals surface area contributed by atoms with Gasteiger partial charge in [-0.25, -0.2) is 8.42 Å². The van der Waals surface area contributed by atoms with Gasteiger partial charge in [0.05, 0.1) is 24.5 Å². The zero-order chi connectivity index (χ0) is 29.4. The number of nitrogens with one attached hydrogen (secondary N) is 2. The third-order valence-corrected chi connectivity index (χ3v) is 7.30. The van der Waals surface area contributed by atoms with Crippen molar-refractivity contribution in [3.63, 3.8) is 0 Å². The van der Waals surface area contributed by atoms with Gasteiger partial charge in [-0.15, -0.1) is 0 Å². The van der Waals surface area contributed by atoms with Gasteiger partial charge in [0.2, 0.25) is 10.0 Å². The van der Waals surface area contributed by atoms with Gasteiger partial charge in [0.1, 0.15) is 23.9 Å². The highest BCUT2D eigenvalue weighted by Crippen LogP contribution is 2.31. The van der Waals surface area contributed by atoms with Crippen LogP contribution in [0.3, 0.4) is 0 Å². The van der Waals surface area contributed by atoms with Crippen molar-refractivity contribution in [1.82, 2.24) is 9.78 Å². The van der Waals surface area contributed by atoms with Gasteiger partial charge >= 0.3 is 0 Å². The van der Waals surface area contributed by atoms with Crippen LogP contribution in [0.1, 0.15) is 22.7 Å². The smallest absolute Gasteiger partial charge is 0.229 e. The van der Waals surface area contributed by atoms with E-state index < -0.39 is 10.0 Å². The molecular weight excluding hydrogens is 548 g/mol. The van der Waals surface area contributed by atoms with Crippen molar-refractivity contribution in [1.29, 1.82) is 0 Å². The van der Waals surface area contributed by atoms with Crippen molar-refractivity contribution >= 4 is 21.4 Å². The molecule has 4 aromatic carbocycles. The molecule has 1 unspecified atom stereocenters. The van der Waals surface area contributed by atoms with Crippen molar-refractivity contribution < 1.29 is 17.9 Å². The number of anilines is 2. The fraction of sp³-hybridized carbons (Fsp3) is 0.182. The summed E-state index contributed by atoms with van der Waals surface area (Å²) in [6.07, 6.45) is 5.52. The summed E-state index contributed by atoms with van der Waals surface area (Å²) in [6, 6.07) is 33.3. The quantitative estimate of drug-likeness (QED) is 0.158. The number of hydrogen-bond donors (Lipinski definition) is 2. The van der Waals surface area contributed by atoms with Gasteiger partial charge < -0.3 is 14.8 Å². The van der Waals surface area contributed by atoms with Gasteiger partial charge in [0.25, 0.3) is 0 Å². The number of sulfonamides is 1. The van der Waals surface area contributed by atoms with E-state index in [4.69, 9.17) is 9.47 Å². The highest BCUT2D eigenvalue weighted by atomic mass is 32.2. The molecule has 2 N–H and O–H groups in total. The second kappa shape index (κ2) is 13.3. The summed E-state index contributed by atoms with van der Waals surface area (Å²) < 4.78 is 40.1. The lowest BCUT2D eigenvalue weighted by molar-refractivity contribution is 0.290. The molecule has 5 aromatic rings. The monoisotopic (exact) mass is 582 g/mol. The molecule has 216 valence electrons. The Hall–Kier alpha value is -4.76. The van der Waals surface area contributed by atoms with Crippen molar-refractivity contribution in [2.24, 2.45) is 0 Å². The number of ether oxygens (including phenoxy) is 2. The summed E-state index contributed by atoms with van der Waals surface area (Å²) in [7, 11) is -3.39. The molecule has 1 atom stereocenters. The van der Waals surface area contributed by atoms with Gasteiger partial charge in [0, 0.05) is 24.1 Å². The third kappa shape index (κ3) is 8.14. The molecule has 0 spiro atoms. The van der Waals surface area contributed by atoms with Gasteiger partial charge in [-0.2, -0.15) is 5.10 Å². The predicted octanol–water partition coefficient (Wildman–Crippen LogP) is 6.83. The Morgan fingerprint density at radius 3 is 2.31 bits per heavy atom. The maximum Gasteiger partial charge on any atom is 0.229 e. The maximum absolute atomic E-state index is 11.8. The molecule has 0 fully saturated rings.